The van der Waals surface area contributed by atoms with Crippen LogP contribution in [0.3, 0.4) is 0 Å². The summed E-state index contributed by atoms with van der Waals surface area (Å²) in [5, 5.41) is 9.31. The fourth-order valence-corrected chi connectivity index (χ4v) is 3.16. The van der Waals surface area contributed by atoms with E-state index in [1.54, 1.807) is 17.5 Å². The first-order chi connectivity index (χ1) is 11.3. The van der Waals surface area contributed by atoms with Gasteiger partial charge in [-0.2, -0.15) is 5.10 Å². The van der Waals surface area contributed by atoms with Crippen LogP contribution in [0.5, 0.6) is 0 Å². The quantitative estimate of drug-likeness (QED) is 0.715. The van der Waals surface area contributed by atoms with Crippen LogP contribution in [0.2, 0.25) is 0 Å². The number of rotatable bonds is 7. The van der Waals surface area contributed by atoms with E-state index in [0.717, 1.165) is 24.2 Å². The van der Waals surface area contributed by atoms with Crippen molar-refractivity contribution in [3.63, 3.8) is 0 Å². The number of nitrogens with zero attached hydrogens (tertiary/aromatic N) is 2. The molecule has 0 radical (unpaired) electrons. The van der Waals surface area contributed by atoms with E-state index in [9.17, 15) is 4.79 Å². The minimum Gasteiger partial charge on any atom is -0.311 e. The van der Waals surface area contributed by atoms with E-state index in [0.29, 0.717) is 13.0 Å². The monoisotopic (exact) mass is 325 g/mol. The van der Waals surface area contributed by atoms with Crippen LogP contribution in [0, 0.1) is 0 Å². The molecule has 23 heavy (non-hydrogen) atoms. The lowest BCUT2D eigenvalue weighted by Crippen LogP contribution is -2.16. The Bertz CT molecular complexity index is 735. The highest BCUT2D eigenvalue weighted by molar-refractivity contribution is 7.09. The predicted octanol–water partition coefficient (Wildman–Crippen LogP) is 3.95. The van der Waals surface area contributed by atoms with Gasteiger partial charge in [0.25, 0.3) is 0 Å². The van der Waals surface area contributed by atoms with Crippen molar-refractivity contribution in [1.29, 1.82) is 0 Å². The van der Waals surface area contributed by atoms with Gasteiger partial charge in [0.1, 0.15) is 5.82 Å². The molecule has 0 aliphatic heterocycles. The lowest BCUT2D eigenvalue weighted by Gasteiger charge is -2.09. The third-order valence-corrected chi connectivity index (χ3v) is 4.50. The van der Waals surface area contributed by atoms with E-state index < -0.39 is 0 Å². The third kappa shape index (κ3) is 4.53. The second kappa shape index (κ2) is 7.74. The Morgan fingerprint density at radius 2 is 2.00 bits per heavy atom. The third-order valence-electron chi connectivity index (χ3n) is 3.57. The molecule has 0 aliphatic rings. The van der Waals surface area contributed by atoms with Gasteiger partial charge in [0.2, 0.25) is 5.91 Å². The van der Waals surface area contributed by atoms with E-state index in [-0.39, 0.29) is 5.91 Å². The molecule has 3 aromatic rings. The van der Waals surface area contributed by atoms with Crippen molar-refractivity contribution < 1.29 is 4.79 Å². The fourth-order valence-electron chi connectivity index (χ4n) is 2.40. The van der Waals surface area contributed by atoms with Crippen LogP contribution >= 0.6 is 11.3 Å². The molecule has 0 fully saturated rings. The van der Waals surface area contributed by atoms with Gasteiger partial charge in [-0.05, 0) is 29.9 Å². The van der Waals surface area contributed by atoms with E-state index in [4.69, 9.17) is 0 Å². The van der Waals surface area contributed by atoms with Crippen LogP contribution in [0.4, 0.5) is 5.82 Å². The molecule has 0 unspecified atom stereocenters. The zero-order valence-corrected chi connectivity index (χ0v) is 13.6. The first-order valence-corrected chi connectivity index (χ1v) is 8.57. The van der Waals surface area contributed by atoms with Gasteiger partial charge < -0.3 is 5.32 Å². The number of hydrogen-bond donors (Lipinski definition) is 1. The minimum atomic E-state index is 0.0383. The van der Waals surface area contributed by atoms with E-state index in [2.05, 4.69) is 21.9 Å². The van der Waals surface area contributed by atoms with E-state index in [1.165, 1.54) is 4.88 Å². The molecule has 118 valence electrons. The molecule has 2 heterocycles. The molecular weight excluding hydrogens is 306 g/mol. The highest BCUT2D eigenvalue weighted by Crippen LogP contribution is 2.14. The summed E-state index contributed by atoms with van der Waals surface area (Å²) in [7, 11) is 0. The smallest absolute Gasteiger partial charge is 0.225 e. The van der Waals surface area contributed by atoms with Crippen molar-refractivity contribution in [2.75, 3.05) is 5.32 Å². The lowest BCUT2D eigenvalue weighted by atomic mass is 10.2. The summed E-state index contributed by atoms with van der Waals surface area (Å²) in [5.41, 5.74) is 1.16. The summed E-state index contributed by atoms with van der Waals surface area (Å²) >= 11 is 1.74. The Balaban J connectivity index is 1.51. The largest absolute Gasteiger partial charge is 0.311 e. The Hall–Kier alpha value is -2.40. The van der Waals surface area contributed by atoms with Gasteiger partial charge in [-0.15, -0.1) is 11.3 Å². The molecule has 3 rings (SSSR count). The number of nitrogens with one attached hydrogen (secondary N) is 1. The van der Waals surface area contributed by atoms with Crippen molar-refractivity contribution in [2.24, 2.45) is 0 Å². The van der Waals surface area contributed by atoms with Crippen LogP contribution in [-0.2, 0) is 17.8 Å². The maximum absolute atomic E-state index is 12.1. The number of aryl methyl sites for hydroxylation is 1. The number of thiophene rings is 1. The second-order valence-corrected chi connectivity index (χ2v) is 6.37. The number of carbonyl (C=O) groups excluding carboxylic acids is 1. The van der Waals surface area contributed by atoms with Crippen molar-refractivity contribution >= 4 is 23.1 Å². The van der Waals surface area contributed by atoms with Crippen LogP contribution in [0.15, 0.2) is 60.1 Å². The van der Waals surface area contributed by atoms with Gasteiger partial charge in [-0.1, -0.05) is 36.4 Å². The van der Waals surface area contributed by atoms with Gasteiger partial charge in [-0.25, -0.2) is 4.68 Å². The molecule has 0 bridgehead atoms. The van der Waals surface area contributed by atoms with Crippen molar-refractivity contribution in [3.8, 4) is 0 Å². The molecule has 0 atom stereocenters. The topological polar surface area (TPSA) is 46.9 Å². The summed E-state index contributed by atoms with van der Waals surface area (Å²) in [6, 6.07) is 16.1. The normalized spacial score (nSPS) is 10.6. The number of benzene rings is 1. The van der Waals surface area contributed by atoms with Crippen LogP contribution in [0.1, 0.15) is 23.3 Å². The summed E-state index contributed by atoms with van der Waals surface area (Å²) in [6.07, 6.45) is 4.05. The molecule has 1 aromatic carbocycles. The molecule has 4 nitrogen and oxygen atoms in total. The number of anilines is 1. The Kier molecular flexibility index (Phi) is 5.21. The molecule has 2 aromatic heterocycles. The zero-order chi connectivity index (χ0) is 15.9. The number of amides is 1. The van der Waals surface area contributed by atoms with Gasteiger partial charge in [0, 0.05) is 17.4 Å². The molecule has 5 heteroatoms. The summed E-state index contributed by atoms with van der Waals surface area (Å²) in [6.45, 7) is 0.651. The summed E-state index contributed by atoms with van der Waals surface area (Å²) in [4.78, 5) is 13.4. The maximum Gasteiger partial charge on any atom is 0.225 e. The minimum absolute atomic E-state index is 0.0383. The molecule has 0 saturated heterocycles. The Morgan fingerprint density at radius 3 is 2.78 bits per heavy atom. The van der Waals surface area contributed by atoms with Crippen LogP contribution < -0.4 is 5.32 Å². The Morgan fingerprint density at radius 1 is 1.13 bits per heavy atom. The first-order valence-electron chi connectivity index (χ1n) is 7.69. The predicted molar refractivity (Wildman–Crippen MR) is 93.7 cm³/mol. The highest BCUT2D eigenvalue weighted by Gasteiger charge is 2.08. The average molecular weight is 325 g/mol. The average Bonchev–Trinajstić information content (AvgIpc) is 3.21. The standard InChI is InChI=1S/C18H19N3OS/c22-18(10-4-8-16-9-5-13-23-16)20-17-11-12-19-21(17)14-15-6-2-1-3-7-15/h1-3,5-7,9,11-13H,4,8,10,14H2,(H,20,22). The first kappa shape index (κ1) is 15.5. The lowest BCUT2D eigenvalue weighted by molar-refractivity contribution is -0.116. The van der Waals surface area contributed by atoms with Gasteiger partial charge >= 0.3 is 0 Å². The van der Waals surface area contributed by atoms with E-state index in [1.807, 2.05) is 47.1 Å². The van der Waals surface area contributed by atoms with Crippen molar-refractivity contribution in [1.82, 2.24) is 9.78 Å². The number of hydrogen-bond acceptors (Lipinski definition) is 3. The van der Waals surface area contributed by atoms with Gasteiger partial charge in [0.15, 0.2) is 0 Å². The molecule has 1 N–H and O–H groups in total. The summed E-state index contributed by atoms with van der Waals surface area (Å²) in [5.74, 6) is 0.784. The fraction of sp³-hybridized carbons (Fsp3) is 0.222. The maximum atomic E-state index is 12.1. The Labute approximate surface area is 139 Å². The molecule has 0 spiro atoms. The SMILES string of the molecule is O=C(CCCc1cccs1)Nc1ccnn1Cc1ccccc1. The van der Waals surface area contributed by atoms with Crippen molar-refractivity contribution in [2.45, 2.75) is 25.8 Å². The number of aromatic nitrogens is 2. The molecule has 0 aliphatic carbocycles. The molecular formula is C18H19N3OS. The molecule has 0 saturated carbocycles. The zero-order valence-electron chi connectivity index (χ0n) is 12.8. The van der Waals surface area contributed by atoms with Crippen LogP contribution in [-0.4, -0.2) is 15.7 Å². The number of carbonyl (C=O) groups is 1. The van der Waals surface area contributed by atoms with Crippen molar-refractivity contribution in [3.05, 3.63) is 70.5 Å². The highest BCUT2D eigenvalue weighted by atomic mass is 32.1. The second-order valence-electron chi connectivity index (χ2n) is 5.34. The van der Waals surface area contributed by atoms with Crippen LogP contribution in [0.25, 0.3) is 0 Å². The molecule has 1 amide bonds. The van der Waals surface area contributed by atoms with E-state index >= 15 is 0 Å². The van der Waals surface area contributed by atoms with Gasteiger partial charge in [-0.3, -0.25) is 4.79 Å². The van der Waals surface area contributed by atoms with Gasteiger partial charge in [0.05, 0.1) is 12.7 Å². The summed E-state index contributed by atoms with van der Waals surface area (Å²) < 4.78 is 1.81.